The van der Waals surface area contributed by atoms with Gasteiger partial charge >= 0.3 is 7.60 Å². The Labute approximate surface area is 185 Å². The molecule has 0 spiro atoms. The fourth-order valence-corrected chi connectivity index (χ4v) is 4.98. The largest absolute Gasteiger partial charge is 0.396 e. The topological polar surface area (TPSA) is 76.0 Å². The van der Waals surface area contributed by atoms with Crippen molar-refractivity contribution in [3.8, 4) is 0 Å². The maximum Gasteiger partial charge on any atom is 0.325 e. The van der Waals surface area contributed by atoms with Crippen LogP contribution >= 0.6 is 7.60 Å². The highest BCUT2D eigenvalue weighted by atomic mass is 31.2. The SMILES string of the molecule is C=CC(C=C)(CCCCCO)CCCCOCCCCC(CC)(CC)OP(C)(=O)O. The summed E-state index contributed by atoms with van der Waals surface area (Å²) in [6.45, 7) is 15.0. The summed E-state index contributed by atoms with van der Waals surface area (Å²) in [5.41, 5.74) is -0.514. The van der Waals surface area contributed by atoms with Gasteiger partial charge in [0.2, 0.25) is 0 Å². The Balaban J connectivity index is 4.03. The van der Waals surface area contributed by atoms with Gasteiger partial charge in [-0.3, -0.25) is 4.57 Å². The van der Waals surface area contributed by atoms with Crippen LogP contribution in [0.25, 0.3) is 0 Å². The van der Waals surface area contributed by atoms with Crippen molar-refractivity contribution in [3.63, 3.8) is 0 Å². The van der Waals surface area contributed by atoms with E-state index in [1.54, 1.807) is 0 Å². The summed E-state index contributed by atoms with van der Waals surface area (Å²) >= 11 is 0. The smallest absolute Gasteiger partial charge is 0.325 e. The van der Waals surface area contributed by atoms with Gasteiger partial charge in [0.1, 0.15) is 0 Å². The molecule has 0 rings (SSSR count). The molecular formula is C24H47O5P. The van der Waals surface area contributed by atoms with Gasteiger partial charge in [-0.15, -0.1) is 13.2 Å². The molecular weight excluding hydrogens is 399 g/mol. The Kier molecular flexibility index (Phi) is 16.0. The van der Waals surface area contributed by atoms with E-state index in [0.717, 1.165) is 83.7 Å². The quantitative estimate of drug-likeness (QED) is 0.117. The number of hydrogen-bond acceptors (Lipinski definition) is 4. The van der Waals surface area contributed by atoms with Crippen LogP contribution in [-0.2, 0) is 13.8 Å². The van der Waals surface area contributed by atoms with Gasteiger partial charge in [0.05, 0.1) is 5.60 Å². The second kappa shape index (κ2) is 16.2. The summed E-state index contributed by atoms with van der Waals surface area (Å²) in [4.78, 5) is 9.59. The van der Waals surface area contributed by atoms with E-state index in [1.165, 1.54) is 6.66 Å². The van der Waals surface area contributed by atoms with Crippen molar-refractivity contribution in [2.75, 3.05) is 26.5 Å². The van der Waals surface area contributed by atoms with Gasteiger partial charge in [-0.05, 0) is 64.2 Å². The van der Waals surface area contributed by atoms with Crippen molar-refractivity contribution in [1.82, 2.24) is 0 Å². The van der Waals surface area contributed by atoms with Crippen LogP contribution in [0.5, 0.6) is 0 Å². The van der Waals surface area contributed by atoms with E-state index in [4.69, 9.17) is 14.4 Å². The molecule has 0 aromatic carbocycles. The van der Waals surface area contributed by atoms with E-state index in [2.05, 4.69) is 13.2 Å². The van der Waals surface area contributed by atoms with E-state index >= 15 is 0 Å². The molecule has 2 N–H and O–H groups in total. The van der Waals surface area contributed by atoms with E-state index in [9.17, 15) is 9.46 Å². The van der Waals surface area contributed by atoms with Crippen LogP contribution in [-0.4, -0.2) is 42.1 Å². The zero-order valence-electron chi connectivity index (χ0n) is 19.7. The lowest BCUT2D eigenvalue weighted by Gasteiger charge is -2.32. The maximum atomic E-state index is 11.7. The van der Waals surface area contributed by atoms with Gasteiger partial charge in [-0.2, -0.15) is 0 Å². The minimum atomic E-state index is -3.48. The van der Waals surface area contributed by atoms with E-state index in [0.29, 0.717) is 6.61 Å². The number of hydrogen-bond donors (Lipinski definition) is 2. The zero-order chi connectivity index (χ0) is 22.9. The molecule has 0 aliphatic carbocycles. The van der Waals surface area contributed by atoms with E-state index in [-0.39, 0.29) is 12.0 Å². The summed E-state index contributed by atoms with van der Waals surface area (Å²) in [6.07, 6.45) is 15.3. The lowest BCUT2D eigenvalue weighted by molar-refractivity contribution is 0.0353. The Morgan fingerprint density at radius 1 is 0.867 bits per heavy atom. The normalized spacial score (nSPS) is 14.4. The molecule has 0 aromatic heterocycles. The lowest BCUT2D eigenvalue weighted by atomic mass is 9.78. The number of unbranched alkanes of at least 4 members (excludes halogenated alkanes) is 4. The van der Waals surface area contributed by atoms with Crippen LogP contribution in [0.3, 0.4) is 0 Å². The summed E-state index contributed by atoms with van der Waals surface area (Å²) in [7, 11) is -3.48. The molecule has 0 saturated carbocycles. The average Bonchev–Trinajstić information content (AvgIpc) is 2.72. The first-order chi connectivity index (χ1) is 14.2. The molecule has 0 amide bonds. The van der Waals surface area contributed by atoms with Gasteiger partial charge < -0.3 is 19.3 Å². The third-order valence-corrected chi connectivity index (χ3v) is 6.84. The van der Waals surface area contributed by atoms with Crippen molar-refractivity contribution >= 4 is 7.60 Å². The Hall–Kier alpha value is -0.450. The predicted molar refractivity (Wildman–Crippen MR) is 127 cm³/mol. The predicted octanol–water partition coefficient (Wildman–Crippen LogP) is 6.65. The zero-order valence-corrected chi connectivity index (χ0v) is 20.6. The highest BCUT2D eigenvalue weighted by Gasteiger charge is 2.32. The molecule has 6 heteroatoms. The molecule has 0 aliphatic rings. The summed E-state index contributed by atoms with van der Waals surface area (Å²) in [5, 5.41) is 8.92. The number of ether oxygens (including phenoxy) is 1. The molecule has 30 heavy (non-hydrogen) atoms. The number of rotatable bonds is 21. The number of aliphatic hydroxyl groups is 1. The molecule has 1 atom stereocenters. The Morgan fingerprint density at radius 2 is 1.37 bits per heavy atom. The van der Waals surface area contributed by atoms with Gasteiger partial charge in [0.25, 0.3) is 0 Å². The molecule has 0 aliphatic heterocycles. The monoisotopic (exact) mass is 446 g/mol. The van der Waals surface area contributed by atoms with Crippen molar-refractivity contribution in [3.05, 3.63) is 25.3 Å². The minimum absolute atomic E-state index is 0.00941. The van der Waals surface area contributed by atoms with Crippen LogP contribution in [0.2, 0.25) is 0 Å². The molecule has 0 aromatic rings. The molecule has 0 saturated heterocycles. The van der Waals surface area contributed by atoms with Crippen LogP contribution in [0.1, 0.15) is 90.9 Å². The van der Waals surface area contributed by atoms with Gasteiger partial charge in [0, 0.05) is 31.9 Å². The van der Waals surface area contributed by atoms with Crippen LogP contribution in [0.15, 0.2) is 25.3 Å². The van der Waals surface area contributed by atoms with E-state index in [1.807, 2.05) is 26.0 Å². The van der Waals surface area contributed by atoms with Gasteiger partial charge in [-0.25, -0.2) is 0 Å². The molecule has 0 heterocycles. The molecule has 0 radical (unpaired) electrons. The first-order valence-corrected chi connectivity index (χ1v) is 13.7. The first kappa shape index (κ1) is 29.5. The first-order valence-electron chi connectivity index (χ1n) is 11.7. The summed E-state index contributed by atoms with van der Waals surface area (Å²) in [5.74, 6) is 0. The standard InChI is InChI=1S/C24H47O5P/c1-6-23(7-2,17-11-10-14-20-25)18-12-15-21-28-22-16-13-19-24(8-3,9-4)29-30(5,26)27/h6-7,25H,1-2,8-22H2,3-5H3,(H,26,27). The molecule has 178 valence electrons. The third kappa shape index (κ3) is 13.1. The van der Waals surface area contributed by atoms with Crippen molar-refractivity contribution in [1.29, 1.82) is 0 Å². The highest BCUT2D eigenvalue weighted by Crippen LogP contribution is 2.46. The fraction of sp³-hybridized carbons (Fsp3) is 0.833. The number of aliphatic hydroxyl groups excluding tert-OH is 1. The van der Waals surface area contributed by atoms with Gasteiger partial charge in [0.15, 0.2) is 0 Å². The fourth-order valence-electron chi connectivity index (χ4n) is 3.91. The van der Waals surface area contributed by atoms with Crippen molar-refractivity contribution in [2.45, 2.75) is 96.5 Å². The van der Waals surface area contributed by atoms with Gasteiger partial charge in [-0.1, -0.05) is 38.8 Å². The lowest BCUT2D eigenvalue weighted by Crippen LogP contribution is -2.30. The second-order valence-electron chi connectivity index (χ2n) is 8.49. The summed E-state index contributed by atoms with van der Waals surface area (Å²) < 4.78 is 23.0. The van der Waals surface area contributed by atoms with Crippen LogP contribution in [0, 0.1) is 5.41 Å². The maximum absolute atomic E-state index is 11.7. The second-order valence-corrected chi connectivity index (χ2v) is 10.3. The Bertz CT molecular complexity index is 488. The van der Waals surface area contributed by atoms with Crippen molar-refractivity contribution in [2.24, 2.45) is 5.41 Å². The number of allylic oxidation sites excluding steroid dienone is 2. The van der Waals surface area contributed by atoms with E-state index < -0.39 is 13.2 Å². The van der Waals surface area contributed by atoms with Crippen LogP contribution in [0.4, 0.5) is 0 Å². The third-order valence-electron chi connectivity index (χ3n) is 6.12. The van der Waals surface area contributed by atoms with Crippen LogP contribution < -0.4 is 0 Å². The molecule has 1 unspecified atom stereocenters. The summed E-state index contributed by atoms with van der Waals surface area (Å²) in [6, 6.07) is 0. The minimum Gasteiger partial charge on any atom is -0.396 e. The molecule has 0 fully saturated rings. The van der Waals surface area contributed by atoms with Crippen molar-refractivity contribution < 1.29 is 23.8 Å². The average molecular weight is 447 g/mol. The molecule has 5 nitrogen and oxygen atoms in total. The molecule has 0 bridgehead atoms. The Morgan fingerprint density at radius 3 is 1.80 bits per heavy atom. The highest BCUT2D eigenvalue weighted by molar-refractivity contribution is 7.51.